The van der Waals surface area contributed by atoms with Gasteiger partial charge in [-0.25, -0.2) is 0 Å². The second kappa shape index (κ2) is 5.84. The normalized spacial score (nSPS) is 10.2. The first-order valence-corrected chi connectivity index (χ1v) is 6.14. The number of aliphatic hydroxyl groups is 1. The molecule has 0 amide bonds. The Morgan fingerprint density at radius 3 is 2.06 bits per heavy atom. The molecule has 0 bridgehead atoms. The molecular weight excluding hydrogens is 280 g/mol. The van der Waals surface area contributed by atoms with Crippen LogP contribution < -0.4 is 4.74 Å². The summed E-state index contributed by atoms with van der Waals surface area (Å²) in [6.45, 7) is 0.610. The molecule has 0 aliphatic heterocycles. The van der Waals surface area contributed by atoms with Crippen molar-refractivity contribution < 1.29 is 9.84 Å². The average molecular weight is 293 g/mol. The van der Waals surface area contributed by atoms with Gasteiger partial charge in [0.1, 0.15) is 12.4 Å². The molecule has 0 radical (unpaired) electrons. The van der Waals surface area contributed by atoms with Crippen molar-refractivity contribution in [2.24, 2.45) is 0 Å². The highest BCUT2D eigenvalue weighted by Gasteiger charge is 1.96. The van der Waals surface area contributed by atoms with Crippen LogP contribution in [0.1, 0.15) is 11.1 Å². The van der Waals surface area contributed by atoms with Crippen LogP contribution in [-0.4, -0.2) is 5.11 Å². The standard InChI is InChI=1S/C14H13BrO2/c15-13-5-1-12(2-6-13)10-17-14-7-3-11(9-16)4-8-14/h1-8,16H,9-10H2. The molecule has 0 saturated heterocycles. The molecule has 2 nitrogen and oxygen atoms in total. The Balaban J connectivity index is 1.95. The summed E-state index contributed by atoms with van der Waals surface area (Å²) in [5, 5.41) is 8.92. The van der Waals surface area contributed by atoms with E-state index in [2.05, 4.69) is 15.9 Å². The van der Waals surface area contributed by atoms with Crippen LogP contribution in [0.15, 0.2) is 53.0 Å². The number of ether oxygens (including phenoxy) is 1. The van der Waals surface area contributed by atoms with E-state index in [4.69, 9.17) is 9.84 Å². The Labute approximate surface area is 109 Å². The molecule has 2 aromatic carbocycles. The molecule has 0 heterocycles. The van der Waals surface area contributed by atoms with Crippen molar-refractivity contribution in [3.8, 4) is 5.75 Å². The summed E-state index contributed by atoms with van der Waals surface area (Å²) in [6, 6.07) is 15.5. The van der Waals surface area contributed by atoms with Gasteiger partial charge in [-0.15, -0.1) is 0 Å². The third kappa shape index (κ3) is 3.58. The fourth-order valence-electron chi connectivity index (χ4n) is 1.44. The number of hydrogen-bond acceptors (Lipinski definition) is 2. The van der Waals surface area contributed by atoms with Crippen molar-refractivity contribution in [1.82, 2.24) is 0 Å². The first kappa shape index (κ1) is 12.1. The molecule has 0 saturated carbocycles. The molecular formula is C14H13BrO2. The maximum absolute atomic E-state index is 8.92. The molecule has 0 aliphatic rings. The Morgan fingerprint density at radius 1 is 0.882 bits per heavy atom. The van der Waals surface area contributed by atoms with Gasteiger partial charge in [0.05, 0.1) is 6.61 Å². The fraction of sp³-hybridized carbons (Fsp3) is 0.143. The predicted molar refractivity (Wildman–Crippen MR) is 70.8 cm³/mol. The molecule has 17 heavy (non-hydrogen) atoms. The zero-order valence-corrected chi connectivity index (χ0v) is 10.9. The lowest BCUT2D eigenvalue weighted by atomic mass is 10.2. The molecule has 88 valence electrons. The van der Waals surface area contributed by atoms with E-state index < -0.39 is 0 Å². The monoisotopic (exact) mass is 292 g/mol. The van der Waals surface area contributed by atoms with Gasteiger partial charge in [-0.05, 0) is 35.4 Å². The van der Waals surface area contributed by atoms with Crippen LogP contribution in [0, 0.1) is 0 Å². The van der Waals surface area contributed by atoms with Crippen LogP contribution in [0.4, 0.5) is 0 Å². The molecule has 0 atom stereocenters. The number of benzene rings is 2. The maximum atomic E-state index is 8.92. The Bertz CT molecular complexity index is 463. The van der Waals surface area contributed by atoms with Crippen molar-refractivity contribution in [3.05, 3.63) is 64.1 Å². The van der Waals surface area contributed by atoms with Gasteiger partial charge in [0.15, 0.2) is 0 Å². The van der Waals surface area contributed by atoms with E-state index in [0.29, 0.717) is 6.61 Å². The highest BCUT2D eigenvalue weighted by molar-refractivity contribution is 9.10. The lowest BCUT2D eigenvalue weighted by Crippen LogP contribution is -1.95. The zero-order valence-electron chi connectivity index (χ0n) is 9.27. The molecule has 0 aliphatic carbocycles. The molecule has 1 N–H and O–H groups in total. The number of rotatable bonds is 4. The minimum Gasteiger partial charge on any atom is -0.489 e. The van der Waals surface area contributed by atoms with Crippen LogP contribution in [0.2, 0.25) is 0 Å². The molecule has 2 rings (SSSR count). The minimum absolute atomic E-state index is 0.0625. The number of aliphatic hydroxyl groups excluding tert-OH is 1. The highest BCUT2D eigenvalue weighted by atomic mass is 79.9. The lowest BCUT2D eigenvalue weighted by Gasteiger charge is -2.06. The van der Waals surface area contributed by atoms with Gasteiger partial charge in [0.25, 0.3) is 0 Å². The van der Waals surface area contributed by atoms with E-state index in [9.17, 15) is 0 Å². The Morgan fingerprint density at radius 2 is 1.47 bits per heavy atom. The van der Waals surface area contributed by atoms with Gasteiger partial charge in [-0.3, -0.25) is 0 Å². The van der Waals surface area contributed by atoms with Crippen molar-refractivity contribution in [1.29, 1.82) is 0 Å². The molecule has 2 aromatic rings. The van der Waals surface area contributed by atoms with Gasteiger partial charge in [-0.2, -0.15) is 0 Å². The van der Waals surface area contributed by atoms with Crippen molar-refractivity contribution in [3.63, 3.8) is 0 Å². The van der Waals surface area contributed by atoms with E-state index in [-0.39, 0.29) is 6.61 Å². The van der Waals surface area contributed by atoms with E-state index >= 15 is 0 Å². The largest absolute Gasteiger partial charge is 0.489 e. The quantitative estimate of drug-likeness (QED) is 0.934. The third-order valence-electron chi connectivity index (χ3n) is 2.42. The first-order chi connectivity index (χ1) is 8.28. The average Bonchev–Trinajstić information content (AvgIpc) is 2.39. The number of hydrogen-bond donors (Lipinski definition) is 1. The van der Waals surface area contributed by atoms with E-state index in [0.717, 1.165) is 21.3 Å². The topological polar surface area (TPSA) is 29.5 Å². The van der Waals surface area contributed by atoms with Gasteiger partial charge in [-0.1, -0.05) is 40.2 Å². The summed E-state index contributed by atoms with van der Waals surface area (Å²) >= 11 is 3.39. The SMILES string of the molecule is OCc1ccc(OCc2ccc(Br)cc2)cc1. The number of halogens is 1. The van der Waals surface area contributed by atoms with E-state index in [1.54, 1.807) is 0 Å². The van der Waals surface area contributed by atoms with Crippen LogP contribution >= 0.6 is 15.9 Å². The van der Waals surface area contributed by atoms with Gasteiger partial charge >= 0.3 is 0 Å². The lowest BCUT2D eigenvalue weighted by molar-refractivity contribution is 0.280. The Hall–Kier alpha value is -1.32. The maximum Gasteiger partial charge on any atom is 0.119 e. The van der Waals surface area contributed by atoms with Crippen LogP contribution in [-0.2, 0) is 13.2 Å². The second-order valence-corrected chi connectivity index (χ2v) is 4.63. The minimum atomic E-state index is 0.0625. The van der Waals surface area contributed by atoms with Crippen LogP contribution in [0.5, 0.6) is 5.75 Å². The van der Waals surface area contributed by atoms with Crippen molar-refractivity contribution >= 4 is 15.9 Å². The van der Waals surface area contributed by atoms with Crippen molar-refractivity contribution in [2.45, 2.75) is 13.2 Å². The molecule has 3 heteroatoms. The Kier molecular flexibility index (Phi) is 4.18. The molecule has 0 aromatic heterocycles. The smallest absolute Gasteiger partial charge is 0.119 e. The van der Waals surface area contributed by atoms with Crippen molar-refractivity contribution in [2.75, 3.05) is 0 Å². The molecule has 0 spiro atoms. The summed E-state index contributed by atoms with van der Waals surface area (Å²) in [5.74, 6) is 0.810. The van der Waals surface area contributed by atoms with Gasteiger partial charge in [0, 0.05) is 4.47 Å². The van der Waals surface area contributed by atoms with Gasteiger partial charge in [0.2, 0.25) is 0 Å². The second-order valence-electron chi connectivity index (χ2n) is 3.72. The van der Waals surface area contributed by atoms with E-state index in [1.807, 2.05) is 48.5 Å². The van der Waals surface area contributed by atoms with Crippen LogP contribution in [0.3, 0.4) is 0 Å². The summed E-state index contributed by atoms with van der Waals surface area (Å²) in [5.41, 5.74) is 2.01. The first-order valence-electron chi connectivity index (χ1n) is 5.35. The zero-order chi connectivity index (χ0) is 12.1. The molecule has 0 fully saturated rings. The summed E-state index contributed by atoms with van der Waals surface area (Å²) in [6.07, 6.45) is 0. The highest BCUT2D eigenvalue weighted by Crippen LogP contribution is 2.15. The predicted octanol–water partition coefficient (Wildman–Crippen LogP) is 3.52. The molecule has 0 unspecified atom stereocenters. The van der Waals surface area contributed by atoms with E-state index in [1.165, 1.54) is 0 Å². The summed E-state index contributed by atoms with van der Waals surface area (Å²) in [4.78, 5) is 0. The van der Waals surface area contributed by atoms with Crippen LogP contribution in [0.25, 0.3) is 0 Å². The summed E-state index contributed by atoms with van der Waals surface area (Å²) < 4.78 is 6.70. The summed E-state index contributed by atoms with van der Waals surface area (Å²) in [7, 11) is 0. The fourth-order valence-corrected chi connectivity index (χ4v) is 1.70. The van der Waals surface area contributed by atoms with Gasteiger partial charge < -0.3 is 9.84 Å². The third-order valence-corrected chi connectivity index (χ3v) is 2.95.